The number of esters is 1. The van der Waals surface area contributed by atoms with E-state index in [1.165, 1.54) is 0 Å². The zero-order chi connectivity index (χ0) is 16.8. The molecule has 2 aromatic rings. The molecule has 0 fully saturated rings. The van der Waals surface area contributed by atoms with Gasteiger partial charge in [0.05, 0.1) is 6.61 Å². The molecule has 3 nitrogen and oxygen atoms in total. The Balaban J connectivity index is 2.74. The average Bonchev–Trinajstić information content (AvgIpc) is 2.52. The van der Waals surface area contributed by atoms with Gasteiger partial charge in [-0.1, -0.05) is 59.7 Å². The third-order valence-corrected chi connectivity index (χ3v) is 3.45. The molecule has 0 amide bonds. The fourth-order valence-corrected chi connectivity index (χ4v) is 2.46. The van der Waals surface area contributed by atoms with Gasteiger partial charge in [0.15, 0.2) is 0 Å². The molecule has 0 aliphatic rings. The highest BCUT2D eigenvalue weighted by atomic mass is 16.5. The highest BCUT2D eigenvalue weighted by Gasteiger charge is 2.19. The van der Waals surface area contributed by atoms with Gasteiger partial charge >= 0.3 is 5.97 Å². The zero-order valence-electron chi connectivity index (χ0n) is 13.6. The number of rotatable bonds is 4. The molecule has 0 spiro atoms. The minimum absolute atomic E-state index is 0.0306. The molecule has 0 atom stereocenters. The summed E-state index contributed by atoms with van der Waals surface area (Å²) in [5.74, 6) is -0.590. The number of carbonyl (C=O) groups is 1. The highest BCUT2D eigenvalue weighted by molar-refractivity contribution is 6.05. The number of hydrogen-bond acceptors (Lipinski definition) is 3. The SMILES string of the molecule is CCOC(=O)C(C#N)=C(c1cccc(C)c1)c1cccc(C)c1. The first-order valence-corrected chi connectivity index (χ1v) is 7.52. The number of nitriles is 1. The van der Waals surface area contributed by atoms with Crippen molar-refractivity contribution in [2.75, 3.05) is 6.61 Å². The first kappa shape index (κ1) is 16.5. The standard InChI is InChI=1S/C20H19NO2/c1-4-23-20(22)18(13-21)19(16-9-5-7-14(2)11-16)17-10-6-8-15(3)12-17/h5-12H,4H2,1-3H3. The Labute approximate surface area is 136 Å². The van der Waals surface area contributed by atoms with Gasteiger partial charge in [0, 0.05) is 5.57 Å². The Morgan fingerprint density at radius 1 is 1.04 bits per heavy atom. The number of hydrogen-bond donors (Lipinski definition) is 0. The van der Waals surface area contributed by atoms with E-state index < -0.39 is 5.97 Å². The van der Waals surface area contributed by atoms with Crippen LogP contribution < -0.4 is 0 Å². The van der Waals surface area contributed by atoms with Crippen LogP contribution in [0.25, 0.3) is 5.57 Å². The van der Waals surface area contributed by atoms with Gasteiger partial charge in [-0.2, -0.15) is 5.26 Å². The monoisotopic (exact) mass is 305 g/mol. The predicted octanol–water partition coefficient (Wildman–Crippen LogP) is 4.19. The van der Waals surface area contributed by atoms with Gasteiger partial charge in [-0.3, -0.25) is 0 Å². The second kappa shape index (κ2) is 7.42. The second-order valence-corrected chi connectivity index (χ2v) is 5.32. The molecule has 0 radical (unpaired) electrons. The van der Waals surface area contributed by atoms with Crippen LogP contribution in [0.3, 0.4) is 0 Å². The van der Waals surface area contributed by atoms with E-state index in [2.05, 4.69) is 0 Å². The summed E-state index contributed by atoms with van der Waals surface area (Å²) in [5.41, 5.74) is 4.43. The molecular formula is C20H19NO2. The molecule has 0 bridgehead atoms. The van der Waals surface area contributed by atoms with E-state index in [1.807, 2.05) is 68.4 Å². The maximum atomic E-state index is 12.2. The van der Waals surface area contributed by atoms with Crippen molar-refractivity contribution in [3.63, 3.8) is 0 Å². The molecule has 116 valence electrons. The maximum absolute atomic E-state index is 12.2. The van der Waals surface area contributed by atoms with Crippen LogP contribution in [0.4, 0.5) is 0 Å². The summed E-state index contributed by atoms with van der Waals surface area (Å²) >= 11 is 0. The molecule has 0 heterocycles. The molecular weight excluding hydrogens is 286 g/mol. The fourth-order valence-electron chi connectivity index (χ4n) is 2.46. The minimum Gasteiger partial charge on any atom is -0.462 e. The van der Waals surface area contributed by atoms with Crippen LogP contribution in [-0.2, 0) is 9.53 Å². The minimum atomic E-state index is -0.590. The largest absolute Gasteiger partial charge is 0.462 e. The molecule has 0 aliphatic heterocycles. The van der Waals surface area contributed by atoms with Crippen molar-refractivity contribution in [3.05, 3.63) is 76.4 Å². The molecule has 0 saturated carbocycles. The zero-order valence-corrected chi connectivity index (χ0v) is 13.6. The van der Waals surface area contributed by atoms with Gasteiger partial charge < -0.3 is 4.74 Å². The molecule has 0 aromatic heterocycles. The Bertz CT molecular complexity index is 750. The summed E-state index contributed by atoms with van der Waals surface area (Å²) in [4.78, 5) is 12.2. The van der Waals surface area contributed by atoms with Crippen molar-refractivity contribution < 1.29 is 9.53 Å². The van der Waals surface area contributed by atoms with E-state index in [0.717, 1.165) is 22.3 Å². The Morgan fingerprint density at radius 3 is 1.96 bits per heavy atom. The number of benzene rings is 2. The van der Waals surface area contributed by atoms with Crippen LogP contribution in [0.5, 0.6) is 0 Å². The van der Waals surface area contributed by atoms with Gasteiger partial charge in [0.2, 0.25) is 0 Å². The van der Waals surface area contributed by atoms with Crippen molar-refractivity contribution in [2.24, 2.45) is 0 Å². The molecule has 0 saturated heterocycles. The molecule has 23 heavy (non-hydrogen) atoms. The molecule has 2 aromatic carbocycles. The third kappa shape index (κ3) is 3.87. The first-order chi connectivity index (χ1) is 11.1. The van der Waals surface area contributed by atoms with E-state index in [1.54, 1.807) is 6.92 Å². The van der Waals surface area contributed by atoms with E-state index in [4.69, 9.17) is 4.74 Å². The van der Waals surface area contributed by atoms with Crippen LogP contribution in [0, 0.1) is 25.2 Å². The van der Waals surface area contributed by atoms with E-state index in [0.29, 0.717) is 5.57 Å². The van der Waals surface area contributed by atoms with Crippen LogP contribution in [-0.4, -0.2) is 12.6 Å². The number of nitrogens with zero attached hydrogens (tertiary/aromatic N) is 1. The van der Waals surface area contributed by atoms with Crippen molar-refractivity contribution in [1.82, 2.24) is 0 Å². The lowest BCUT2D eigenvalue weighted by Gasteiger charge is -2.12. The average molecular weight is 305 g/mol. The first-order valence-electron chi connectivity index (χ1n) is 7.52. The normalized spacial score (nSPS) is 9.83. The summed E-state index contributed by atoms with van der Waals surface area (Å²) in [7, 11) is 0. The second-order valence-electron chi connectivity index (χ2n) is 5.32. The topological polar surface area (TPSA) is 50.1 Å². The Morgan fingerprint density at radius 2 is 1.57 bits per heavy atom. The van der Waals surface area contributed by atoms with Crippen molar-refractivity contribution in [2.45, 2.75) is 20.8 Å². The molecule has 0 N–H and O–H groups in total. The number of ether oxygens (including phenoxy) is 1. The van der Waals surface area contributed by atoms with Crippen LogP contribution in [0.15, 0.2) is 54.1 Å². The molecule has 0 unspecified atom stereocenters. The molecule has 0 aliphatic carbocycles. The van der Waals surface area contributed by atoms with Crippen molar-refractivity contribution >= 4 is 11.5 Å². The van der Waals surface area contributed by atoms with Crippen LogP contribution >= 0.6 is 0 Å². The predicted molar refractivity (Wildman–Crippen MR) is 90.6 cm³/mol. The van der Waals surface area contributed by atoms with Gasteiger partial charge in [-0.05, 0) is 31.9 Å². The Hall–Kier alpha value is -2.86. The third-order valence-electron chi connectivity index (χ3n) is 3.45. The quantitative estimate of drug-likeness (QED) is 0.483. The lowest BCUT2D eigenvalue weighted by molar-refractivity contribution is -0.137. The number of aryl methyl sites for hydroxylation is 2. The lowest BCUT2D eigenvalue weighted by atomic mass is 9.91. The maximum Gasteiger partial charge on any atom is 0.349 e. The summed E-state index contributed by atoms with van der Waals surface area (Å²) in [5, 5.41) is 9.55. The fraction of sp³-hybridized carbons (Fsp3) is 0.200. The smallest absolute Gasteiger partial charge is 0.349 e. The van der Waals surface area contributed by atoms with Crippen molar-refractivity contribution in [3.8, 4) is 6.07 Å². The van der Waals surface area contributed by atoms with Gasteiger partial charge in [-0.15, -0.1) is 0 Å². The summed E-state index contributed by atoms with van der Waals surface area (Å²) in [6, 6.07) is 17.6. The van der Waals surface area contributed by atoms with E-state index in [-0.39, 0.29) is 12.2 Å². The van der Waals surface area contributed by atoms with Crippen LogP contribution in [0.1, 0.15) is 29.2 Å². The summed E-state index contributed by atoms with van der Waals surface area (Å²) in [6.45, 7) is 5.92. The Kier molecular flexibility index (Phi) is 5.32. The van der Waals surface area contributed by atoms with Gasteiger partial charge in [-0.25, -0.2) is 4.79 Å². The molecule has 3 heteroatoms. The summed E-state index contributed by atoms with van der Waals surface area (Å²) < 4.78 is 5.06. The lowest BCUT2D eigenvalue weighted by Crippen LogP contribution is -2.09. The number of carbonyl (C=O) groups excluding carboxylic acids is 1. The van der Waals surface area contributed by atoms with Crippen LogP contribution in [0.2, 0.25) is 0 Å². The van der Waals surface area contributed by atoms with E-state index >= 15 is 0 Å². The van der Waals surface area contributed by atoms with Gasteiger partial charge in [0.1, 0.15) is 11.6 Å². The summed E-state index contributed by atoms with van der Waals surface area (Å²) in [6.07, 6.45) is 0. The highest BCUT2D eigenvalue weighted by Crippen LogP contribution is 2.28. The molecule has 2 rings (SSSR count). The van der Waals surface area contributed by atoms with E-state index in [9.17, 15) is 10.1 Å². The van der Waals surface area contributed by atoms with Gasteiger partial charge in [0.25, 0.3) is 0 Å². The van der Waals surface area contributed by atoms with Crippen molar-refractivity contribution in [1.29, 1.82) is 5.26 Å².